The van der Waals surface area contributed by atoms with Crippen LogP contribution in [0.25, 0.3) is 0 Å². The number of hydrogen-bond donors (Lipinski definition) is 0. The van der Waals surface area contributed by atoms with Crippen LogP contribution in [-0.2, 0) is 91.8 Å². The summed E-state index contributed by atoms with van der Waals surface area (Å²) in [5.41, 5.74) is 5.09. The molecule has 10 unspecified atom stereocenters. The number of carbonyl (C=O) groups is 1. The van der Waals surface area contributed by atoms with E-state index in [1.54, 1.807) is 0 Å². The molecule has 0 saturated carbocycles. The minimum absolute atomic E-state index is 0.0904. The van der Waals surface area contributed by atoms with Gasteiger partial charge in [0.1, 0.15) is 48.2 Å². The summed E-state index contributed by atoms with van der Waals surface area (Å²) in [7, 11) is 0. The molecule has 2 heterocycles. The van der Waals surface area contributed by atoms with E-state index in [0.29, 0.717) is 13.2 Å². The Morgan fingerprint density at radius 3 is 1.09 bits per heavy atom. The molecular formula is C62H64O11S. The van der Waals surface area contributed by atoms with E-state index in [1.807, 2.05) is 212 Å². The van der Waals surface area contributed by atoms with Crippen LogP contribution >= 0.6 is 11.8 Å². The Bertz CT molecular complexity index is 2660. The molecule has 2 saturated heterocycles. The third-order valence-corrected chi connectivity index (χ3v) is 13.9. The molecular weight excluding hydrogens is 953 g/mol. The fraction of sp³-hybridized carbons (Fsp3) is 0.306. The van der Waals surface area contributed by atoms with Gasteiger partial charge in [-0.25, -0.2) is 0 Å². The largest absolute Gasteiger partial charge is 0.454 e. The van der Waals surface area contributed by atoms with Gasteiger partial charge in [-0.2, -0.15) is 0 Å². The van der Waals surface area contributed by atoms with Gasteiger partial charge in [0.25, 0.3) is 0 Å². The SMILES string of the molecule is CC(=O)OC1C(OC2C(Sc3ccccc3)OC(COCc3ccccc3)C(OCc3ccccc3)C2OCc2ccccc2)OC(COCc2ccccc2)C(OCc2ccccc2)C1OCc1ccccc1. The van der Waals surface area contributed by atoms with Crippen LogP contribution in [0.1, 0.15) is 40.3 Å². The van der Waals surface area contributed by atoms with Gasteiger partial charge in [0.15, 0.2) is 12.4 Å². The van der Waals surface area contributed by atoms with Crippen LogP contribution < -0.4 is 0 Å². The van der Waals surface area contributed by atoms with E-state index in [4.69, 9.17) is 47.4 Å². The van der Waals surface area contributed by atoms with Crippen LogP contribution in [0.4, 0.5) is 0 Å². The topological polar surface area (TPSA) is 109 Å². The van der Waals surface area contributed by atoms with E-state index in [-0.39, 0.29) is 39.6 Å². The summed E-state index contributed by atoms with van der Waals surface area (Å²) >= 11 is 1.50. The molecule has 0 spiro atoms. The first-order valence-electron chi connectivity index (χ1n) is 25.2. The first kappa shape index (κ1) is 52.8. The Morgan fingerprint density at radius 1 is 0.392 bits per heavy atom. The van der Waals surface area contributed by atoms with Crippen LogP contribution in [0, 0.1) is 0 Å². The van der Waals surface area contributed by atoms with Crippen LogP contribution in [0.2, 0.25) is 0 Å². The van der Waals surface area contributed by atoms with E-state index in [2.05, 4.69) is 0 Å². The molecule has 10 atom stereocenters. The van der Waals surface area contributed by atoms with Crippen molar-refractivity contribution < 1.29 is 52.2 Å². The van der Waals surface area contributed by atoms with Crippen molar-refractivity contribution in [3.63, 3.8) is 0 Å². The van der Waals surface area contributed by atoms with E-state index in [0.717, 1.165) is 38.3 Å². The highest BCUT2D eigenvalue weighted by Crippen LogP contribution is 2.41. The van der Waals surface area contributed by atoms with Gasteiger partial charge in [0.2, 0.25) is 0 Å². The summed E-state index contributed by atoms with van der Waals surface area (Å²) < 4.78 is 69.0. The van der Waals surface area contributed by atoms with Crippen LogP contribution in [0.3, 0.4) is 0 Å². The molecule has 12 heteroatoms. The molecule has 0 aliphatic carbocycles. The molecule has 2 fully saturated rings. The van der Waals surface area contributed by atoms with E-state index in [9.17, 15) is 4.79 Å². The molecule has 0 aromatic heterocycles. The minimum Gasteiger partial charge on any atom is -0.454 e. The van der Waals surface area contributed by atoms with Gasteiger partial charge in [-0.05, 0) is 45.5 Å². The molecule has 7 aromatic rings. The van der Waals surface area contributed by atoms with Crippen molar-refractivity contribution in [1.29, 1.82) is 0 Å². The van der Waals surface area contributed by atoms with Crippen molar-refractivity contribution in [1.82, 2.24) is 0 Å². The number of rotatable bonds is 25. The number of ether oxygens (including phenoxy) is 10. The molecule has 9 rings (SSSR count). The van der Waals surface area contributed by atoms with Crippen LogP contribution in [-0.4, -0.2) is 79.7 Å². The number of benzene rings is 7. The maximum absolute atomic E-state index is 13.5. The molecule has 11 nitrogen and oxygen atoms in total. The second-order valence-electron chi connectivity index (χ2n) is 18.2. The molecule has 2 aliphatic rings. The lowest BCUT2D eigenvalue weighted by molar-refractivity contribution is -0.351. The van der Waals surface area contributed by atoms with Crippen molar-refractivity contribution in [2.24, 2.45) is 0 Å². The molecule has 0 amide bonds. The monoisotopic (exact) mass is 1020 g/mol. The molecule has 384 valence electrons. The van der Waals surface area contributed by atoms with Gasteiger partial charge in [-0.15, -0.1) is 0 Å². The number of carbonyl (C=O) groups excluding carboxylic acids is 1. The Hall–Kier alpha value is -6.00. The highest BCUT2D eigenvalue weighted by Gasteiger charge is 2.55. The highest BCUT2D eigenvalue weighted by atomic mass is 32.2. The summed E-state index contributed by atoms with van der Waals surface area (Å²) in [6.07, 6.45) is -7.97. The summed E-state index contributed by atoms with van der Waals surface area (Å²) in [6, 6.07) is 69.8. The minimum atomic E-state index is -1.25. The van der Waals surface area contributed by atoms with Crippen molar-refractivity contribution in [2.45, 2.75) is 112 Å². The molecule has 0 bridgehead atoms. The summed E-state index contributed by atoms with van der Waals surface area (Å²) in [5.74, 6) is -0.548. The molecule has 0 N–H and O–H groups in total. The molecule has 7 aromatic carbocycles. The molecule has 2 aliphatic heterocycles. The predicted molar refractivity (Wildman–Crippen MR) is 282 cm³/mol. The third kappa shape index (κ3) is 15.5. The van der Waals surface area contributed by atoms with Crippen molar-refractivity contribution in [3.8, 4) is 0 Å². The van der Waals surface area contributed by atoms with Crippen molar-refractivity contribution >= 4 is 17.7 Å². The fourth-order valence-electron chi connectivity index (χ4n) is 9.06. The lowest BCUT2D eigenvalue weighted by atomic mass is 9.96. The van der Waals surface area contributed by atoms with Gasteiger partial charge in [-0.3, -0.25) is 4.79 Å². The fourth-order valence-corrected chi connectivity index (χ4v) is 10.2. The van der Waals surface area contributed by atoms with Crippen LogP contribution in [0.15, 0.2) is 217 Å². The van der Waals surface area contributed by atoms with E-state index < -0.39 is 66.5 Å². The van der Waals surface area contributed by atoms with Gasteiger partial charge in [0, 0.05) is 11.8 Å². The smallest absolute Gasteiger partial charge is 0.303 e. The lowest BCUT2D eigenvalue weighted by Crippen LogP contribution is -2.66. The first-order chi connectivity index (χ1) is 36.5. The average Bonchev–Trinajstić information content (AvgIpc) is 3.44. The van der Waals surface area contributed by atoms with E-state index >= 15 is 0 Å². The molecule has 74 heavy (non-hydrogen) atoms. The van der Waals surface area contributed by atoms with Gasteiger partial charge in [0.05, 0.1) is 52.9 Å². The van der Waals surface area contributed by atoms with Gasteiger partial charge in [-0.1, -0.05) is 212 Å². The summed E-state index contributed by atoms with van der Waals surface area (Å²) in [5, 5.41) is 0. The van der Waals surface area contributed by atoms with Crippen molar-refractivity contribution in [2.75, 3.05) is 13.2 Å². The zero-order valence-corrected chi connectivity index (χ0v) is 42.4. The second-order valence-corrected chi connectivity index (χ2v) is 19.4. The predicted octanol–water partition coefficient (Wildman–Crippen LogP) is 11.3. The maximum Gasteiger partial charge on any atom is 0.303 e. The zero-order chi connectivity index (χ0) is 50.6. The second kappa shape index (κ2) is 28.1. The quantitative estimate of drug-likeness (QED) is 0.0509. The number of esters is 1. The molecule has 0 radical (unpaired) electrons. The Kier molecular flexibility index (Phi) is 20.0. The Morgan fingerprint density at radius 2 is 0.716 bits per heavy atom. The summed E-state index contributed by atoms with van der Waals surface area (Å²) in [4.78, 5) is 14.4. The number of hydrogen-bond acceptors (Lipinski definition) is 12. The summed E-state index contributed by atoms with van der Waals surface area (Å²) in [6.45, 7) is 3.22. The van der Waals surface area contributed by atoms with E-state index in [1.165, 1.54) is 18.7 Å². The third-order valence-electron chi connectivity index (χ3n) is 12.7. The standard InChI is InChI=1S/C62H64O11S/c1-45(63)70-59-57(68-41-50-31-17-6-18-32-50)55(66-39-48-27-13-4-14-28-48)53(43-64-37-46-23-9-2-10-24-46)71-61(59)73-60-58(69-42-51-33-19-7-20-34-51)56(67-40-49-29-15-5-16-30-49)54(44-65-38-47-25-11-3-12-26-47)72-62(60)74-52-35-21-8-22-36-52/h2-36,53-62H,37-44H2,1H3. The van der Waals surface area contributed by atoms with Crippen molar-refractivity contribution in [3.05, 3.63) is 246 Å². The number of thioether (sulfide) groups is 1. The van der Waals surface area contributed by atoms with Gasteiger partial charge >= 0.3 is 5.97 Å². The normalized spacial score (nSPS) is 23.7. The zero-order valence-electron chi connectivity index (χ0n) is 41.5. The van der Waals surface area contributed by atoms with Crippen LogP contribution in [0.5, 0.6) is 0 Å². The first-order valence-corrected chi connectivity index (χ1v) is 26.1. The Labute approximate surface area is 438 Å². The highest BCUT2D eigenvalue weighted by molar-refractivity contribution is 7.99. The Balaban J connectivity index is 1.11. The lowest BCUT2D eigenvalue weighted by Gasteiger charge is -2.50. The van der Waals surface area contributed by atoms with Gasteiger partial charge < -0.3 is 47.4 Å². The average molecular weight is 1020 g/mol. The maximum atomic E-state index is 13.5.